The molecule has 46 heavy (non-hydrogen) atoms. The minimum absolute atomic E-state index is 0.0895. The van der Waals surface area contributed by atoms with Gasteiger partial charge in [-0.1, -0.05) is 66.7 Å². The lowest BCUT2D eigenvalue weighted by Gasteiger charge is -2.26. The summed E-state index contributed by atoms with van der Waals surface area (Å²) in [7, 11) is -8.97. The van der Waals surface area contributed by atoms with Gasteiger partial charge in [-0.05, 0) is 29.7 Å². The van der Waals surface area contributed by atoms with Crippen LogP contribution in [0.25, 0.3) is 0 Å². The average molecular weight is 670 g/mol. The molecule has 0 saturated carbocycles. The molecular weight excluding hydrogens is 642 g/mol. The van der Waals surface area contributed by atoms with Crippen LogP contribution in [0.4, 0.5) is 17.1 Å². The zero-order chi connectivity index (χ0) is 33.5. The third kappa shape index (κ3) is 7.94. The molecule has 0 amide bonds. The van der Waals surface area contributed by atoms with Crippen LogP contribution >= 0.6 is 0 Å². The van der Waals surface area contributed by atoms with E-state index in [1.54, 1.807) is 60.7 Å². The predicted molar refractivity (Wildman–Crippen MR) is 166 cm³/mol. The summed E-state index contributed by atoms with van der Waals surface area (Å²) in [4.78, 5) is 30.6. The summed E-state index contributed by atoms with van der Waals surface area (Å²) in [6, 6.07) is 23.7. The molecule has 0 unspecified atom stereocenters. The Morgan fingerprint density at radius 3 is 1.54 bits per heavy atom. The molecule has 0 aliphatic carbocycles. The Hall–Kier alpha value is -5.10. The van der Waals surface area contributed by atoms with Crippen molar-refractivity contribution in [1.29, 1.82) is 0 Å². The van der Waals surface area contributed by atoms with Gasteiger partial charge in [0.15, 0.2) is 4.90 Å². The summed E-state index contributed by atoms with van der Waals surface area (Å²) in [6.07, 6.45) is -0.0895. The van der Waals surface area contributed by atoms with Gasteiger partial charge in [-0.15, -0.1) is 0 Å². The predicted octanol–water partition coefficient (Wildman–Crippen LogP) is 4.88. The minimum Gasteiger partial charge on any atom is -0.258 e. The SMILES string of the molecule is O=[N+]([O-])c1cccc(S(=O)(=O)N(CCCN(Cc2ccccc2)S(=O)(=O)c2ccc([N+](=O)[O-])cc2[N+](=O)[O-])Cc2ccccc2)c1. The Bertz CT molecular complexity index is 1960. The molecule has 240 valence electrons. The van der Waals surface area contributed by atoms with Gasteiger partial charge in [-0.3, -0.25) is 30.3 Å². The van der Waals surface area contributed by atoms with Crippen LogP contribution in [0.2, 0.25) is 0 Å². The van der Waals surface area contributed by atoms with E-state index < -0.39 is 56.8 Å². The number of nitro groups is 3. The van der Waals surface area contributed by atoms with Crippen molar-refractivity contribution in [1.82, 2.24) is 8.61 Å². The van der Waals surface area contributed by atoms with Crippen LogP contribution in [0.5, 0.6) is 0 Å². The number of nitro benzene ring substituents is 3. The first kappa shape index (κ1) is 33.8. The van der Waals surface area contributed by atoms with Crippen LogP contribution in [0.15, 0.2) is 113 Å². The lowest BCUT2D eigenvalue weighted by atomic mass is 10.2. The molecule has 4 aromatic carbocycles. The fourth-order valence-electron chi connectivity index (χ4n) is 4.59. The monoisotopic (exact) mass is 669 g/mol. The van der Waals surface area contributed by atoms with Crippen LogP contribution in [0, 0.1) is 30.3 Å². The summed E-state index contributed by atoms with van der Waals surface area (Å²) in [6.45, 7) is -0.914. The Labute approximate surface area is 263 Å². The van der Waals surface area contributed by atoms with Gasteiger partial charge in [0.2, 0.25) is 20.0 Å². The average Bonchev–Trinajstić information content (AvgIpc) is 3.04. The van der Waals surface area contributed by atoms with Gasteiger partial charge in [0, 0.05) is 44.4 Å². The maximum Gasteiger partial charge on any atom is 0.296 e. The third-order valence-electron chi connectivity index (χ3n) is 6.85. The van der Waals surface area contributed by atoms with E-state index >= 15 is 0 Å². The molecule has 0 heterocycles. The molecule has 17 heteroatoms. The van der Waals surface area contributed by atoms with E-state index in [0.717, 1.165) is 32.9 Å². The number of benzene rings is 4. The molecule has 0 fully saturated rings. The number of nitrogens with zero attached hydrogens (tertiary/aromatic N) is 5. The molecular formula is C29H27N5O10S2. The highest BCUT2D eigenvalue weighted by atomic mass is 32.2. The second-order valence-corrected chi connectivity index (χ2v) is 13.8. The summed E-state index contributed by atoms with van der Waals surface area (Å²) in [5, 5.41) is 34.3. The molecule has 0 N–H and O–H groups in total. The molecule has 4 aromatic rings. The Balaban J connectivity index is 1.69. The molecule has 0 aliphatic heterocycles. The molecule has 15 nitrogen and oxygen atoms in total. The lowest BCUT2D eigenvalue weighted by Crippen LogP contribution is -2.36. The van der Waals surface area contributed by atoms with E-state index in [9.17, 15) is 47.2 Å². The van der Waals surface area contributed by atoms with Gasteiger partial charge in [-0.2, -0.15) is 8.61 Å². The largest absolute Gasteiger partial charge is 0.296 e. The van der Waals surface area contributed by atoms with E-state index in [2.05, 4.69) is 0 Å². The van der Waals surface area contributed by atoms with Crippen LogP contribution in [-0.4, -0.2) is 53.3 Å². The van der Waals surface area contributed by atoms with E-state index in [0.29, 0.717) is 17.2 Å². The van der Waals surface area contributed by atoms with Crippen molar-refractivity contribution in [3.63, 3.8) is 0 Å². The van der Waals surface area contributed by atoms with Gasteiger partial charge >= 0.3 is 0 Å². The molecule has 0 aliphatic rings. The van der Waals surface area contributed by atoms with Gasteiger partial charge in [0.1, 0.15) is 0 Å². The first-order valence-corrected chi connectivity index (χ1v) is 16.4. The maximum absolute atomic E-state index is 13.9. The Kier molecular flexibility index (Phi) is 10.5. The van der Waals surface area contributed by atoms with Crippen molar-refractivity contribution < 1.29 is 31.6 Å². The third-order valence-corrected chi connectivity index (χ3v) is 10.6. The fourth-order valence-corrected chi connectivity index (χ4v) is 7.70. The number of hydrogen-bond donors (Lipinski definition) is 0. The standard InChI is InChI=1S/C29H27N5O10S2/c35-32(36)25-13-7-14-27(19-25)45(41,42)30(21-23-9-3-1-4-10-23)17-8-18-31(22-24-11-5-2-6-12-24)46(43,44)29-16-15-26(33(37)38)20-28(29)34(39)40/h1-7,9-16,19-20H,8,17-18,21-22H2. The smallest absolute Gasteiger partial charge is 0.258 e. The normalized spacial score (nSPS) is 11.9. The number of rotatable bonds is 15. The first-order valence-electron chi connectivity index (χ1n) is 13.6. The number of non-ortho nitro benzene ring substituents is 2. The van der Waals surface area contributed by atoms with E-state index in [1.165, 1.54) is 12.1 Å². The second kappa shape index (κ2) is 14.3. The number of hydrogen-bond acceptors (Lipinski definition) is 10. The molecule has 0 atom stereocenters. The van der Waals surface area contributed by atoms with Crippen molar-refractivity contribution in [3.8, 4) is 0 Å². The number of sulfonamides is 2. The topological polar surface area (TPSA) is 204 Å². The van der Waals surface area contributed by atoms with Crippen molar-refractivity contribution >= 4 is 37.1 Å². The van der Waals surface area contributed by atoms with Crippen molar-refractivity contribution in [3.05, 3.63) is 145 Å². The summed E-state index contributed by atoms with van der Waals surface area (Å²) >= 11 is 0. The van der Waals surface area contributed by atoms with Crippen LogP contribution in [-0.2, 0) is 33.1 Å². The zero-order valence-electron chi connectivity index (χ0n) is 24.0. The van der Waals surface area contributed by atoms with E-state index in [-0.39, 0.29) is 37.5 Å². The van der Waals surface area contributed by atoms with Crippen LogP contribution in [0.1, 0.15) is 17.5 Å². The van der Waals surface area contributed by atoms with Crippen molar-refractivity contribution in [2.45, 2.75) is 29.3 Å². The first-order chi connectivity index (χ1) is 21.8. The molecule has 0 bridgehead atoms. The molecule has 0 spiro atoms. The minimum atomic E-state index is -4.65. The van der Waals surface area contributed by atoms with E-state index in [4.69, 9.17) is 0 Å². The van der Waals surface area contributed by atoms with Gasteiger partial charge in [0.05, 0.1) is 25.7 Å². The van der Waals surface area contributed by atoms with Gasteiger partial charge in [-0.25, -0.2) is 16.8 Å². The molecule has 4 rings (SSSR count). The lowest BCUT2D eigenvalue weighted by molar-refractivity contribution is -0.396. The fraction of sp³-hybridized carbons (Fsp3) is 0.172. The van der Waals surface area contributed by atoms with Crippen LogP contribution < -0.4 is 0 Å². The highest BCUT2D eigenvalue weighted by molar-refractivity contribution is 7.89. The highest BCUT2D eigenvalue weighted by Gasteiger charge is 2.34. The zero-order valence-corrected chi connectivity index (χ0v) is 25.6. The Morgan fingerprint density at radius 2 is 1.04 bits per heavy atom. The molecule has 0 aromatic heterocycles. The maximum atomic E-state index is 13.9. The summed E-state index contributed by atoms with van der Waals surface area (Å²) in [5.41, 5.74) is -0.937. The van der Waals surface area contributed by atoms with Crippen LogP contribution in [0.3, 0.4) is 0 Å². The van der Waals surface area contributed by atoms with E-state index in [1.807, 2.05) is 0 Å². The van der Waals surface area contributed by atoms with Gasteiger partial charge in [0.25, 0.3) is 17.1 Å². The second-order valence-electron chi connectivity index (χ2n) is 9.92. The Morgan fingerprint density at radius 1 is 0.543 bits per heavy atom. The molecule has 0 saturated heterocycles. The van der Waals surface area contributed by atoms with Crippen molar-refractivity contribution in [2.75, 3.05) is 13.1 Å². The van der Waals surface area contributed by atoms with Crippen molar-refractivity contribution in [2.24, 2.45) is 0 Å². The van der Waals surface area contributed by atoms with Gasteiger partial charge < -0.3 is 0 Å². The summed E-state index contributed by atoms with van der Waals surface area (Å²) < 4.78 is 57.3. The highest BCUT2D eigenvalue weighted by Crippen LogP contribution is 2.32. The summed E-state index contributed by atoms with van der Waals surface area (Å²) in [5.74, 6) is 0. The quantitative estimate of drug-likeness (QED) is 0.124. The molecule has 0 radical (unpaired) electrons.